The van der Waals surface area contributed by atoms with Crippen LogP contribution < -0.4 is 5.11 Å². The monoisotopic (exact) mass is 258 g/mol. The molecular weight excluding hydrogens is 251 g/mol. The number of fused-ring (bicyclic) bond motifs is 1. The van der Waals surface area contributed by atoms with Crippen LogP contribution in [0.5, 0.6) is 0 Å². The van der Waals surface area contributed by atoms with E-state index in [2.05, 4.69) is 9.97 Å². The molecule has 8 heteroatoms. The van der Waals surface area contributed by atoms with Gasteiger partial charge in [-0.2, -0.15) is 13.2 Å². The Hall–Kier alpha value is -2.12. The number of carboxylic acid groups (broad SMARTS) is 1. The fraction of sp³-hybridized carbons (Fsp3) is 0.300. The largest absolute Gasteiger partial charge is 0.543 e. The number of carbonyl (C=O) groups excluding carboxylic acids is 1. The van der Waals surface area contributed by atoms with Crippen LogP contribution in [0.2, 0.25) is 0 Å². The van der Waals surface area contributed by atoms with Crippen LogP contribution in [0.15, 0.2) is 12.4 Å². The molecule has 0 atom stereocenters. The third-order valence-corrected chi connectivity index (χ3v) is 2.42. The minimum absolute atomic E-state index is 0.0517. The minimum Gasteiger partial charge on any atom is -0.543 e. The SMILES string of the molecule is CCc1c(C(F)(F)F)nc2cnc(C(=O)[O-])cn12. The van der Waals surface area contributed by atoms with Crippen molar-refractivity contribution in [2.75, 3.05) is 0 Å². The summed E-state index contributed by atoms with van der Waals surface area (Å²) in [7, 11) is 0. The number of carbonyl (C=O) groups is 1. The topological polar surface area (TPSA) is 70.3 Å². The Kier molecular flexibility index (Phi) is 2.72. The van der Waals surface area contributed by atoms with E-state index < -0.39 is 23.5 Å². The molecule has 0 bridgehead atoms. The zero-order chi connectivity index (χ0) is 13.5. The summed E-state index contributed by atoms with van der Waals surface area (Å²) in [6, 6.07) is 0. The molecule has 0 fully saturated rings. The van der Waals surface area contributed by atoms with Gasteiger partial charge >= 0.3 is 6.18 Å². The molecule has 96 valence electrons. The van der Waals surface area contributed by atoms with Gasteiger partial charge in [-0.05, 0) is 6.42 Å². The summed E-state index contributed by atoms with van der Waals surface area (Å²) >= 11 is 0. The van der Waals surface area contributed by atoms with Gasteiger partial charge in [0.1, 0.15) is 5.69 Å². The molecule has 2 aromatic heterocycles. The Morgan fingerprint density at radius 1 is 1.50 bits per heavy atom. The van der Waals surface area contributed by atoms with Gasteiger partial charge in [-0.3, -0.25) is 4.40 Å². The van der Waals surface area contributed by atoms with Crippen LogP contribution in [0.1, 0.15) is 28.8 Å². The number of aromatic nitrogens is 3. The maximum Gasteiger partial charge on any atom is 0.435 e. The van der Waals surface area contributed by atoms with E-state index in [-0.39, 0.29) is 17.8 Å². The lowest BCUT2D eigenvalue weighted by atomic mass is 10.2. The number of aryl methyl sites for hydroxylation is 1. The molecule has 0 aliphatic heterocycles. The second-order valence-electron chi connectivity index (χ2n) is 3.55. The van der Waals surface area contributed by atoms with Gasteiger partial charge in [0.25, 0.3) is 0 Å². The first-order valence-electron chi connectivity index (χ1n) is 5.00. The Morgan fingerprint density at radius 3 is 2.67 bits per heavy atom. The van der Waals surface area contributed by atoms with Crippen molar-refractivity contribution in [2.45, 2.75) is 19.5 Å². The molecule has 2 heterocycles. The van der Waals surface area contributed by atoms with E-state index in [4.69, 9.17) is 0 Å². The van der Waals surface area contributed by atoms with E-state index in [1.807, 2.05) is 0 Å². The first-order chi connectivity index (χ1) is 8.34. The number of halogens is 3. The first-order valence-corrected chi connectivity index (χ1v) is 5.00. The normalized spacial score (nSPS) is 12.0. The number of alkyl halides is 3. The summed E-state index contributed by atoms with van der Waals surface area (Å²) in [4.78, 5) is 17.5. The summed E-state index contributed by atoms with van der Waals surface area (Å²) < 4.78 is 39.2. The highest BCUT2D eigenvalue weighted by Crippen LogP contribution is 2.32. The van der Waals surface area contributed by atoms with E-state index in [9.17, 15) is 23.1 Å². The molecule has 18 heavy (non-hydrogen) atoms. The fourth-order valence-electron chi connectivity index (χ4n) is 1.67. The smallest absolute Gasteiger partial charge is 0.435 e. The number of hydrogen-bond donors (Lipinski definition) is 0. The van der Waals surface area contributed by atoms with Gasteiger partial charge in [0.2, 0.25) is 0 Å². The van der Waals surface area contributed by atoms with Gasteiger partial charge in [-0.1, -0.05) is 6.92 Å². The van der Waals surface area contributed by atoms with E-state index in [1.165, 1.54) is 6.92 Å². The van der Waals surface area contributed by atoms with Crippen LogP contribution in [0.3, 0.4) is 0 Å². The molecule has 0 aliphatic rings. The minimum atomic E-state index is -4.58. The number of nitrogens with zero attached hydrogens (tertiary/aromatic N) is 3. The van der Waals surface area contributed by atoms with Gasteiger partial charge in [0, 0.05) is 6.20 Å². The highest BCUT2D eigenvalue weighted by Gasteiger charge is 2.37. The standard InChI is InChI=1S/C10H8F3N3O2/c1-2-6-8(10(11,12)13)15-7-3-14-5(9(17)18)4-16(6)7/h3-4H,2H2,1H3,(H,17,18)/p-1. The van der Waals surface area contributed by atoms with Crippen molar-refractivity contribution in [3.63, 3.8) is 0 Å². The third kappa shape index (κ3) is 1.89. The summed E-state index contributed by atoms with van der Waals surface area (Å²) in [5, 5.41) is 10.6. The molecule has 5 nitrogen and oxygen atoms in total. The average Bonchev–Trinajstić information content (AvgIpc) is 2.65. The van der Waals surface area contributed by atoms with Gasteiger partial charge < -0.3 is 9.90 Å². The summed E-state index contributed by atoms with van der Waals surface area (Å²) in [5.41, 5.74) is -1.63. The molecule has 2 rings (SSSR count). The van der Waals surface area contributed by atoms with Crippen molar-refractivity contribution < 1.29 is 23.1 Å². The molecule has 0 aliphatic carbocycles. The number of aromatic carboxylic acids is 1. The van der Waals surface area contributed by atoms with E-state index in [0.717, 1.165) is 16.8 Å². The molecule has 0 saturated carbocycles. The highest BCUT2D eigenvalue weighted by atomic mass is 19.4. The Morgan fingerprint density at radius 2 is 2.17 bits per heavy atom. The molecule has 0 unspecified atom stereocenters. The second-order valence-corrected chi connectivity index (χ2v) is 3.55. The van der Waals surface area contributed by atoms with Gasteiger partial charge in [0.05, 0.1) is 17.9 Å². The van der Waals surface area contributed by atoms with Crippen molar-refractivity contribution in [3.8, 4) is 0 Å². The molecule has 0 N–H and O–H groups in total. The lowest BCUT2D eigenvalue weighted by Crippen LogP contribution is -2.24. The quantitative estimate of drug-likeness (QED) is 0.794. The zero-order valence-electron chi connectivity index (χ0n) is 9.15. The molecule has 0 radical (unpaired) electrons. The second kappa shape index (κ2) is 3.97. The van der Waals surface area contributed by atoms with Crippen molar-refractivity contribution in [3.05, 3.63) is 29.5 Å². The molecule has 0 aromatic carbocycles. The van der Waals surface area contributed by atoms with Crippen LogP contribution >= 0.6 is 0 Å². The van der Waals surface area contributed by atoms with Crippen LogP contribution in [0.4, 0.5) is 13.2 Å². The predicted octanol–water partition coefficient (Wildman–Crippen LogP) is 0.674. The summed E-state index contributed by atoms with van der Waals surface area (Å²) in [6.07, 6.45) is -2.57. The van der Waals surface area contributed by atoms with Gasteiger partial charge in [-0.25, -0.2) is 9.97 Å². The first kappa shape index (κ1) is 12.3. The van der Waals surface area contributed by atoms with Gasteiger partial charge in [0.15, 0.2) is 11.3 Å². The Balaban J connectivity index is 2.74. The molecule has 0 amide bonds. The maximum absolute atomic E-state index is 12.7. The van der Waals surface area contributed by atoms with Crippen molar-refractivity contribution in [1.82, 2.24) is 14.4 Å². The number of imidazole rings is 1. The van der Waals surface area contributed by atoms with Crippen LogP contribution in [0.25, 0.3) is 5.65 Å². The Labute approximate surface area is 98.9 Å². The number of carboxylic acids is 1. The third-order valence-electron chi connectivity index (χ3n) is 2.42. The predicted molar refractivity (Wildman–Crippen MR) is 51.7 cm³/mol. The zero-order valence-corrected chi connectivity index (χ0v) is 9.15. The van der Waals surface area contributed by atoms with E-state index in [0.29, 0.717) is 0 Å². The maximum atomic E-state index is 12.7. The van der Waals surface area contributed by atoms with Crippen LogP contribution in [0, 0.1) is 0 Å². The van der Waals surface area contributed by atoms with E-state index in [1.54, 1.807) is 0 Å². The Bertz CT molecular complexity index is 619. The number of rotatable bonds is 2. The molecular formula is C10H7F3N3O2-. The summed E-state index contributed by atoms with van der Waals surface area (Å²) in [5.74, 6) is -1.55. The lowest BCUT2D eigenvalue weighted by Gasteiger charge is -2.06. The lowest BCUT2D eigenvalue weighted by molar-refractivity contribution is -0.255. The van der Waals surface area contributed by atoms with Crippen molar-refractivity contribution >= 4 is 11.6 Å². The van der Waals surface area contributed by atoms with Crippen LogP contribution in [-0.4, -0.2) is 20.3 Å². The number of hydrogen-bond acceptors (Lipinski definition) is 4. The summed E-state index contributed by atoms with van der Waals surface area (Å²) in [6.45, 7) is 1.53. The van der Waals surface area contributed by atoms with Crippen molar-refractivity contribution in [1.29, 1.82) is 0 Å². The average molecular weight is 258 g/mol. The molecule has 2 aromatic rings. The van der Waals surface area contributed by atoms with Crippen LogP contribution in [-0.2, 0) is 12.6 Å². The fourth-order valence-corrected chi connectivity index (χ4v) is 1.67. The molecule has 0 spiro atoms. The van der Waals surface area contributed by atoms with Gasteiger partial charge in [-0.15, -0.1) is 0 Å². The highest BCUT2D eigenvalue weighted by molar-refractivity contribution is 5.83. The van der Waals surface area contributed by atoms with E-state index >= 15 is 0 Å². The van der Waals surface area contributed by atoms with Crippen molar-refractivity contribution in [2.24, 2.45) is 0 Å². The molecule has 0 saturated heterocycles.